The van der Waals surface area contributed by atoms with Gasteiger partial charge in [-0.15, -0.1) is 0 Å². The standard InChI is InChI=1S/C22H23F3N4O6S/c1-21(6-9-36(32,33)10-7-21)28-19(31)18-15(12-30)29-11-14(4-5-17(29)27-18)35-20-16(3-2-8-26-20)34-13-22(23,24)25/h2-5,8,11,30H,6-7,9-10,12-13H2,1H3,(H-,28,31,32)/p+1. The molecule has 1 fully saturated rings. The summed E-state index contributed by atoms with van der Waals surface area (Å²) < 4.78 is 71.1. The fourth-order valence-corrected chi connectivity index (χ4v) is 5.50. The first-order valence-electron chi connectivity index (χ1n) is 10.9. The number of rotatable bonds is 7. The molecule has 4 rings (SSSR count). The number of alkyl halides is 3. The second-order valence-corrected chi connectivity index (χ2v) is 11.0. The van der Waals surface area contributed by atoms with Gasteiger partial charge in [-0.2, -0.15) is 13.2 Å². The molecule has 1 amide bonds. The van der Waals surface area contributed by atoms with E-state index in [0.29, 0.717) is 18.5 Å². The quantitative estimate of drug-likeness (QED) is 0.395. The number of hydrogen-bond acceptors (Lipinski definition) is 7. The molecule has 0 saturated carbocycles. The summed E-state index contributed by atoms with van der Waals surface area (Å²) in [7, 11) is -2.88. The summed E-state index contributed by atoms with van der Waals surface area (Å²) in [6.07, 6.45) is -1.17. The number of nitrogens with one attached hydrogen (secondary N) is 1. The van der Waals surface area contributed by atoms with Crippen LogP contribution in [0.1, 0.15) is 35.9 Å². The number of aliphatic hydroxyl groups is 1. The number of aliphatic hydroxyl groups excluding tert-OH is 1. The third-order valence-electron chi connectivity index (χ3n) is 5.76. The molecule has 36 heavy (non-hydrogen) atoms. The average molecular weight is 530 g/mol. The summed E-state index contributed by atoms with van der Waals surface area (Å²) in [6, 6.07) is 5.67. The van der Waals surface area contributed by atoms with Crippen LogP contribution in [-0.2, 0) is 10.7 Å². The van der Waals surface area contributed by atoms with E-state index < -0.39 is 40.9 Å². The Morgan fingerprint density at radius 1 is 1.31 bits per heavy atom. The Bertz CT molecular complexity index is 1380. The van der Waals surface area contributed by atoms with Gasteiger partial charge in [-0.25, -0.2) is 4.98 Å². The van der Waals surface area contributed by atoms with E-state index in [1.54, 1.807) is 6.92 Å². The Hall–Kier alpha value is -3.07. The van der Waals surface area contributed by atoms with Crippen LogP contribution >= 0.6 is 10.1 Å². The maximum atomic E-state index is 13.0. The van der Waals surface area contributed by atoms with Crippen LogP contribution in [0.15, 0.2) is 36.7 Å². The van der Waals surface area contributed by atoms with Gasteiger partial charge in [-0.1, -0.05) is 0 Å². The van der Waals surface area contributed by atoms with Crippen molar-refractivity contribution >= 4 is 21.6 Å². The molecule has 0 aliphatic carbocycles. The number of fused-ring (bicyclic) bond motifs is 1. The van der Waals surface area contributed by atoms with Crippen molar-refractivity contribution < 1.29 is 41.1 Å². The second kappa shape index (κ2) is 9.76. The Labute approximate surface area is 204 Å². The molecular weight excluding hydrogens is 505 g/mol. The molecule has 1 aliphatic rings. The van der Waals surface area contributed by atoms with Gasteiger partial charge in [0.25, 0.3) is 5.88 Å². The molecule has 14 heteroatoms. The van der Waals surface area contributed by atoms with Crippen molar-refractivity contribution in [1.82, 2.24) is 19.7 Å². The topological polar surface area (TPSA) is 138 Å². The van der Waals surface area contributed by atoms with Crippen LogP contribution < -0.4 is 14.8 Å². The molecule has 3 N–H and O–H groups in total. The van der Waals surface area contributed by atoms with E-state index in [1.807, 2.05) is 0 Å². The van der Waals surface area contributed by atoms with Crippen molar-refractivity contribution in [2.75, 3.05) is 18.1 Å². The van der Waals surface area contributed by atoms with Gasteiger partial charge >= 0.3 is 145 Å². The summed E-state index contributed by atoms with van der Waals surface area (Å²) in [4.78, 5) is 21.2. The number of pyridine rings is 2. The molecule has 0 unspecified atom stereocenters. The molecule has 0 bridgehead atoms. The number of aromatic nitrogens is 3. The van der Waals surface area contributed by atoms with Crippen molar-refractivity contribution in [2.24, 2.45) is 0 Å². The predicted octanol–water partition coefficient (Wildman–Crippen LogP) is 3.86. The van der Waals surface area contributed by atoms with E-state index in [2.05, 4.69) is 15.3 Å². The monoisotopic (exact) mass is 529 g/mol. The van der Waals surface area contributed by atoms with E-state index >= 15 is 0 Å². The van der Waals surface area contributed by atoms with Crippen molar-refractivity contribution in [3.63, 3.8) is 0 Å². The van der Waals surface area contributed by atoms with Gasteiger partial charge in [0, 0.05) is 6.20 Å². The summed E-state index contributed by atoms with van der Waals surface area (Å²) in [5, 5.41) is 12.8. The van der Waals surface area contributed by atoms with Crippen molar-refractivity contribution in [3.05, 3.63) is 48.0 Å². The van der Waals surface area contributed by atoms with Gasteiger partial charge in [0.05, 0.1) is 0 Å². The molecule has 10 nitrogen and oxygen atoms in total. The number of amides is 1. The van der Waals surface area contributed by atoms with E-state index in [-0.39, 0.29) is 40.3 Å². The third-order valence-corrected chi connectivity index (χ3v) is 7.44. The fraction of sp³-hybridized carbons (Fsp3) is 0.409. The molecule has 0 atom stereocenters. The van der Waals surface area contributed by atoms with Gasteiger partial charge in [-0.05, 0) is 12.1 Å². The van der Waals surface area contributed by atoms with Crippen LogP contribution in [-0.4, -0.2) is 59.8 Å². The van der Waals surface area contributed by atoms with Gasteiger partial charge < -0.3 is 4.74 Å². The minimum absolute atomic E-state index is 0.0294. The summed E-state index contributed by atoms with van der Waals surface area (Å²) in [6.45, 7) is -0.277. The summed E-state index contributed by atoms with van der Waals surface area (Å²) in [5.41, 5.74) is -0.257. The molecular formula is C22H24F3N4O6S+. The molecule has 3 aromatic heterocycles. The zero-order valence-electron chi connectivity index (χ0n) is 19.1. The molecule has 0 radical (unpaired) electrons. The Kier molecular flexibility index (Phi) is 7.05. The zero-order valence-corrected chi connectivity index (χ0v) is 19.9. The van der Waals surface area contributed by atoms with E-state index in [4.69, 9.17) is 9.47 Å². The van der Waals surface area contributed by atoms with E-state index in [0.717, 1.165) is 0 Å². The average Bonchev–Trinajstić information content (AvgIpc) is 3.18. The predicted molar refractivity (Wildman–Crippen MR) is 123 cm³/mol. The molecule has 194 valence electrons. The molecule has 1 aliphatic heterocycles. The zero-order chi connectivity index (χ0) is 26.1. The molecule has 4 heterocycles. The van der Waals surface area contributed by atoms with Crippen LogP contribution in [0.2, 0.25) is 0 Å². The normalized spacial score (nSPS) is 22.4. The summed E-state index contributed by atoms with van der Waals surface area (Å²) >= 11 is 0. The van der Waals surface area contributed by atoms with Gasteiger partial charge in [-0.3, -0.25) is 0 Å². The number of hydrogen-bond donors (Lipinski definition) is 3. The minimum atomic E-state index is -4.54. The van der Waals surface area contributed by atoms with Gasteiger partial charge in [0.15, 0.2) is 12.4 Å². The Morgan fingerprint density at radius 2 is 2.03 bits per heavy atom. The second-order valence-electron chi connectivity index (χ2n) is 8.67. The van der Waals surface area contributed by atoms with Crippen LogP contribution in [0.25, 0.3) is 5.65 Å². The van der Waals surface area contributed by atoms with Crippen LogP contribution in [0.5, 0.6) is 17.4 Å². The van der Waals surface area contributed by atoms with E-state index in [9.17, 15) is 31.7 Å². The van der Waals surface area contributed by atoms with E-state index in [1.165, 1.54) is 41.1 Å². The molecule has 3 aromatic rings. The summed E-state index contributed by atoms with van der Waals surface area (Å²) in [5.74, 6) is -0.665. The Morgan fingerprint density at radius 3 is 2.69 bits per heavy atom. The number of ether oxygens (including phenoxy) is 2. The van der Waals surface area contributed by atoms with Crippen molar-refractivity contribution in [3.8, 4) is 17.4 Å². The Balaban J connectivity index is 1.57. The number of nitrogens with zero attached hydrogens (tertiary/aromatic N) is 3. The third kappa shape index (κ3) is 6.00. The van der Waals surface area contributed by atoms with Crippen LogP contribution in [0.4, 0.5) is 13.2 Å². The number of carbonyl (C=O) groups is 1. The van der Waals surface area contributed by atoms with Gasteiger partial charge in [0.1, 0.15) is 0 Å². The van der Waals surface area contributed by atoms with Crippen LogP contribution in [0.3, 0.4) is 0 Å². The van der Waals surface area contributed by atoms with Crippen LogP contribution in [0, 0.1) is 0 Å². The number of carbonyl (C=O) groups excluding carboxylic acids is 1. The maximum absolute atomic E-state index is 13.0. The molecule has 0 spiro atoms. The van der Waals surface area contributed by atoms with Gasteiger partial charge in [0.2, 0.25) is 0 Å². The number of imidazole rings is 1. The fourth-order valence-electron chi connectivity index (χ4n) is 3.76. The van der Waals surface area contributed by atoms with Crippen molar-refractivity contribution in [2.45, 2.75) is 38.1 Å². The molecule has 0 aromatic carbocycles. The first-order valence-corrected chi connectivity index (χ1v) is 12.7. The number of halogens is 3. The first kappa shape index (κ1) is 26.0. The SMILES string of the molecule is CC1(NC(=O)c2nc3ccc(Oc4ncccc4OCC(F)(F)F)cn3c2CO)CCS(#[O+])(O)CC1. The first-order chi connectivity index (χ1) is 16.9. The van der Waals surface area contributed by atoms with Crippen molar-refractivity contribution in [1.29, 1.82) is 0 Å². The molecule has 1 saturated heterocycles.